The van der Waals surface area contributed by atoms with Crippen LogP contribution in [0.15, 0.2) is 42.5 Å². The van der Waals surface area contributed by atoms with Gasteiger partial charge in [-0.1, -0.05) is 36.4 Å². The van der Waals surface area contributed by atoms with E-state index in [0.717, 1.165) is 23.0 Å². The van der Waals surface area contributed by atoms with Gasteiger partial charge in [-0.05, 0) is 25.5 Å². The Balaban J connectivity index is 1.68. The molecule has 2 amide bonds. The Labute approximate surface area is 142 Å². The van der Waals surface area contributed by atoms with E-state index in [0.29, 0.717) is 19.5 Å². The summed E-state index contributed by atoms with van der Waals surface area (Å²) in [7, 11) is 3.95. The summed E-state index contributed by atoms with van der Waals surface area (Å²) in [5.41, 5.74) is 0.803. The first kappa shape index (κ1) is 16.5. The lowest BCUT2D eigenvalue weighted by Crippen LogP contribution is -2.34. The van der Waals surface area contributed by atoms with Gasteiger partial charge in [0.05, 0.1) is 5.92 Å². The van der Waals surface area contributed by atoms with Crippen LogP contribution in [-0.4, -0.2) is 55.3 Å². The first-order valence-electron chi connectivity index (χ1n) is 8.26. The van der Waals surface area contributed by atoms with Crippen LogP contribution in [0.5, 0.6) is 0 Å². The third-order valence-electron chi connectivity index (χ3n) is 4.45. The topological polar surface area (TPSA) is 52.6 Å². The zero-order valence-electron chi connectivity index (χ0n) is 14.2. The van der Waals surface area contributed by atoms with Crippen molar-refractivity contribution in [3.8, 4) is 0 Å². The van der Waals surface area contributed by atoms with E-state index in [9.17, 15) is 9.59 Å². The zero-order chi connectivity index (χ0) is 17.1. The number of nitrogens with one attached hydrogen (secondary N) is 1. The third-order valence-corrected chi connectivity index (χ3v) is 4.45. The fourth-order valence-electron chi connectivity index (χ4n) is 3.05. The predicted octanol–water partition coefficient (Wildman–Crippen LogP) is 2.19. The Hall–Kier alpha value is -2.40. The second-order valence-electron chi connectivity index (χ2n) is 6.56. The van der Waals surface area contributed by atoms with Gasteiger partial charge in [0.1, 0.15) is 0 Å². The van der Waals surface area contributed by atoms with Crippen LogP contribution < -0.4 is 5.32 Å². The van der Waals surface area contributed by atoms with Gasteiger partial charge in [0.2, 0.25) is 11.8 Å². The van der Waals surface area contributed by atoms with Crippen molar-refractivity contribution in [2.75, 3.05) is 39.0 Å². The van der Waals surface area contributed by atoms with Crippen molar-refractivity contribution >= 4 is 28.3 Å². The van der Waals surface area contributed by atoms with Crippen LogP contribution in [-0.2, 0) is 9.59 Å². The summed E-state index contributed by atoms with van der Waals surface area (Å²) in [6, 6.07) is 13.8. The summed E-state index contributed by atoms with van der Waals surface area (Å²) in [6.07, 6.45) is 0.296. The van der Waals surface area contributed by atoms with Crippen LogP contribution in [0.4, 0.5) is 5.69 Å². The molecule has 1 saturated heterocycles. The van der Waals surface area contributed by atoms with Crippen LogP contribution >= 0.6 is 0 Å². The molecule has 0 radical (unpaired) electrons. The molecule has 2 aromatic rings. The van der Waals surface area contributed by atoms with E-state index >= 15 is 0 Å². The second-order valence-corrected chi connectivity index (χ2v) is 6.56. The molecular formula is C19H23N3O2. The number of likely N-dealkylation sites (N-methyl/N-ethyl adjacent to an activating group) is 1. The molecule has 5 heteroatoms. The molecule has 1 aliphatic heterocycles. The van der Waals surface area contributed by atoms with Gasteiger partial charge in [-0.2, -0.15) is 0 Å². The Bertz CT molecular complexity index is 752. The molecule has 1 unspecified atom stereocenters. The van der Waals surface area contributed by atoms with Crippen LogP contribution in [0, 0.1) is 5.92 Å². The van der Waals surface area contributed by atoms with E-state index in [-0.39, 0.29) is 17.7 Å². The molecule has 1 N–H and O–H groups in total. The number of fused-ring (bicyclic) bond motifs is 1. The summed E-state index contributed by atoms with van der Waals surface area (Å²) in [5, 5.41) is 5.11. The maximum Gasteiger partial charge on any atom is 0.229 e. The lowest BCUT2D eigenvalue weighted by molar-refractivity contribution is -0.128. The predicted molar refractivity (Wildman–Crippen MR) is 95.8 cm³/mol. The van der Waals surface area contributed by atoms with E-state index in [2.05, 4.69) is 5.32 Å². The minimum Gasteiger partial charge on any atom is -0.341 e. The highest BCUT2D eigenvalue weighted by Gasteiger charge is 2.34. The number of anilines is 1. The van der Waals surface area contributed by atoms with Crippen molar-refractivity contribution in [2.45, 2.75) is 6.42 Å². The van der Waals surface area contributed by atoms with Crippen LogP contribution in [0.3, 0.4) is 0 Å². The monoisotopic (exact) mass is 325 g/mol. The number of carbonyl (C=O) groups excluding carboxylic acids is 2. The normalized spacial score (nSPS) is 17.7. The second kappa shape index (κ2) is 7.01. The summed E-state index contributed by atoms with van der Waals surface area (Å²) in [4.78, 5) is 28.5. The molecule has 3 rings (SSSR count). The van der Waals surface area contributed by atoms with E-state index in [4.69, 9.17) is 0 Å². The van der Waals surface area contributed by atoms with Gasteiger partial charge in [-0.15, -0.1) is 0 Å². The van der Waals surface area contributed by atoms with Gasteiger partial charge >= 0.3 is 0 Å². The van der Waals surface area contributed by atoms with Crippen molar-refractivity contribution in [2.24, 2.45) is 5.92 Å². The molecule has 0 spiro atoms. The van der Waals surface area contributed by atoms with Crippen molar-refractivity contribution in [1.82, 2.24) is 9.80 Å². The molecule has 5 nitrogen and oxygen atoms in total. The number of likely N-dealkylation sites (tertiary alicyclic amines) is 1. The molecule has 1 atom stereocenters. The van der Waals surface area contributed by atoms with Crippen LogP contribution in [0.25, 0.3) is 10.8 Å². The minimum absolute atomic E-state index is 0.0647. The Morgan fingerprint density at radius 2 is 1.96 bits per heavy atom. The van der Waals surface area contributed by atoms with E-state index in [1.165, 1.54) is 0 Å². The first-order chi connectivity index (χ1) is 11.5. The van der Waals surface area contributed by atoms with Crippen molar-refractivity contribution in [3.05, 3.63) is 42.5 Å². The van der Waals surface area contributed by atoms with Crippen LogP contribution in [0.2, 0.25) is 0 Å². The first-order valence-corrected chi connectivity index (χ1v) is 8.26. The van der Waals surface area contributed by atoms with E-state index in [1.807, 2.05) is 61.5 Å². The Morgan fingerprint density at radius 1 is 1.21 bits per heavy atom. The van der Waals surface area contributed by atoms with Gasteiger partial charge in [0, 0.05) is 37.1 Å². The summed E-state index contributed by atoms with van der Waals surface area (Å²) in [5.74, 6) is -0.291. The van der Waals surface area contributed by atoms with E-state index < -0.39 is 0 Å². The van der Waals surface area contributed by atoms with Gasteiger partial charge in [-0.25, -0.2) is 0 Å². The molecule has 2 aromatic carbocycles. The molecule has 0 aromatic heterocycles. The van der Waals surface area contributed by atoms with Crippen molar-refractivity contribution in [3.63, 3.8) is 0 Å². The summed E-state index contributed by atoms with van der Waals surface area (Å²) in [6.45, 7) is 1.98. The fourth-order valence-corrected chi connectivity index (χ4v) is 3.05. The summed E-state index contributed by atoms with van der Waals surface area (Å²) >= 11 is 0. The van der Waals surface area contributed by atoms with Gasteiger partial charge in [-0.3, -0.25) is 9.59 Å². The number of hydrogen-bond donors (Lipinski definition) is 1. The highest BCUT2D eigenvalue weighted by atomic mass is 16.2. The number of amides is 2. The van der Waals surface area contributed by atoms with Crippen LogP contribution in [0.1, 0.15) is 6.42 Å². The maximum atomic E-state index is 12.6. The fraction of sp³-hybridized carbons (Fsp3) is 0.368. The van der Waals surface area contributed by atoms with E-state index in [1.54, 1.807) is 4.90 Å². The number of benzene rings is 2. The third kappa shape index (κ3) is 3.57. The molecule has 1 fully saturated rings. The average Bonchev–Trinajstić information content (AvgIpc) is 2.94. The molecule has 0 saturated carbocycles. The molecule has 0 aliphatic carbocycles. The molecule has 126 valence electrons. The SMILES string of the molecule is CN(C)CCN1CC(C(=O)Nc2cccc3ccccc23)CC1=O. The average molecular weight is 325 g/mol. The lowest BCUT2D eigenvalue weighted by Gasteiger charge is -2.19. The maximum absolute atomic E-state index is 12.6. The van der Waals surface area contributed by atoms with Gasteiger partial charge in [0.25, 0.3) is 0 Å². The highest BCUT2D eigenvalue weighted by molar-refractivity contribution is 6.04. The highest BCUT2D eigenvalue weighted by Crippen LogP contribution is 2.25. The Kier molecular flexibility index (Phi) is 4.81. The Morgan fingerprint density at radius 3 is 2.75 bits per heavy atom. The molecule has 1 aliphatic rings. The molecule has 0 bridgehead atoms. The van der Waals surface area contributed by atoms with Crippen molar-refractivity contribution < 1.29 is 9.59 Å². The molecular weight excluding hydrogens is 302 g/mol. The number of hydrogen-bond acceptors (Lipinski definition) is 3. The summed E-state index contributed by atoms with van der Waals surface area (Å²) < 4.78 is 0. The van der Waals surface area contributed by atoms with Gasteiger partial charge in [0.15, 0.2) is 0 Å². The van der Waals surface area contributed by atoms with Gasteiger partial charge < -0.3 is 15.1 Å². The van der Waals surface area contributed by atoms with Crippen molar-refractivity contribution in [1.29, 1.82) is 0 Å². The molecule has 24 heavy (non-hydrogen) atoms. The smallest absolute Gasteiger partial charge is 0.229 e. The quantitative estimate of drug-likeness (QED) is 0.917. The minimum atomic E-state index is -0.279. The lowest BCUT2D eigenvalue weighted by atomic mass is 10.1. The largest absolute Gasteiger partial charge is 0.341 e. The number of rotatable bonds is 5. The molecule has 1 heterocycles. The number of nitrogens with zero attached hydrogens (tertiary/aromatic N) is 2. The number of carbonyl (C=O) groups is 2. The standard InChI is InChI=1S/C19H23N3O2/c1-21(2)10-11-22-13-15(12-18(22)23)19(24)20-17-9-5-7-14-6-3-4-8-16(14)17/h3-9,15H,10-13H2,1-2H3,(H,20,24). The zero-order valence-corrected chi connectivity index (χ0v) is 14.2.